The van der Waals surface area contributed by atoms with Crippen molar-refractivity contribution in [3.63, 3.8) is 0 Å². The van der Waals surface area contributed by atoms with Crippen LogP contribution in [0.3, 0.4) is 0 Å². The molecule has 0 unspecified atom stereocenters. The van der Waals surface area contributed by atoms with Crippen molar-refractivity contribution in [1.82, 2.24) is 30.1 Å². The van der Waals surface area contributed by atoms with Gasteiger partial charge in [-0.2, -0.15) is 5.10 Å². The number of anilines is 1. The fourth-order valence-corrected chi connectivity index (χ4v) is 5.87. The number of ketones is 1. The number of aromatic nitrogens is 6. The molecule has 0 bridgehead atoms. The Hall–Kier alpha value is -5.48. The number of aromatic amines is 2. The fourth-order valence-electron chi connectivity index (χ4n) is 4.95. The molecule has 6 heterocycles. The number of hydrogen-bond donors (Lipinski definition) is 3. The second-order valence-corrected chi connectivity index (χ2v) is 11.0. The van der Waals surface area contributed by atoms with E-state index >= 15 is 0 Å². The molecule has 1 amide bonds. The minimum atomic E-state index is -0.112. The lowest BCUT2D eigenvalue weighted by Gasteiger charge is -2.07. The van der Waals surface area contributed by atoms with Gasteiger partial charge in [0.2, 0.25) is 5.91 Å². The summed E-state index contributed by atoms with van der Waals surface area (Å²) in [5.74, 6) is -0.0747. The number of rotatable bonds is 7. The average Bonchev–Trinajstić information content (AvgIpc) is 3.75. The van der Waals surface area contributed by atoms with E-state index in [0.29, 0.717) is 16.2 Å². The van der Waals surface area contributed by atoms with Gasteiger partial charge < -0.3 is 10.3 Å². The normalized spacial score (nSPS) is 11.3. The van der Waals surface area contributed by atoms with Crippen molar-refractivity contribution < 1.29 is 9.59 Å². The lowest BCUT2D eigenvalue weighted by atomic mass is 10.1. The van der Waals surface area contributed by atoms with E-state index in [1.54, 1.807) is 31.7 Å². The Morgan fingerprint density at radius 1 is 0.905 bits per heavy atom. The van der Waals surface area contributed by atoms with Crippen LogP contribution in [0.1, 0.15) is 22.2 Å². The second-order valence-electron chi connectivity index (χ2n) is 9.89. The highest BCUT2D eigenvalue weighted by molar-refractivity contribution is 7.17. The summed E-state index contributed by atoms with van der Waals surface area (Å²) in [5, 5.41) is 12.3. The van der Waals surface area contributed by atoms with Gasteiger partial charge in [-0.3, -0.25) is 24.7 Å². The number of hydrogen-bond acceptors (Lipinski definition) is 7. The summed E-state index contributed by atoms with van der Waals surface area (Å²) in [5.41, 5.74) is 7.14. The molecule has 0 aliphatic heterocycles. The van der Waals surface area contributed by atoms with Crippen molar-refractivity contribution in [2.75, 3.05) is 5.32 Å². The van der Waals surface area contributed by atoms with Crippen LogP contribution >= 0.6 is 11.3 Å². The van der Waals surface area contributed by atoms with Crippen LogP contribution in [0.25, 0.3) is 55.0 Å². The first-order valence-electron chi connectivity index (χ1n) is 13.2. The maximum Gasteiger partial charge on any atom is 0.228 e. The van der Waals surface area contributed by atoms with Crippen molar-refractivity contribution in [3.05, 3.63) is 102 Å². The van der Waals surface area contributed by atoms with Gasteiger partial charge in [0.25, 0.3) is 0 Å². The van der Waals surface area contributed by atoms with Crippen molar-refractivity contribution in [3.8, 4) is 33.1 Å². The van der Waals surface area contributed by atoms with Crippen molar-refractivity contribution in [2.45, 2.75) is 13.3 Å². The van der Waals surface area contributed by atoms with E-state index in [2.05, 4.69) is 35.5 Å². The van der Waals surface area contributed by atoms with E-state index in [4.69, 9.17) is 0 Å². The molecule has 42 heavy (non-hydrogen) atoms. The Bertz CT molecular complexity index is 2110. The van der Waals surface area contributed by atoms with Gasteiger partial charge in [0.05, 0.1) is 45.1 Å². The van der Waals surface area contributed by atoms with Crippen molar-refractivity contribution in [1.29, 1.82) is 0 Å². The van der Waals surface area contributed by atoms with Gasteiger partial charge in [-0.05, 0) is 48.9 Å². The molecule has 204 valence electrons. The molecule has 6 aromatic heterocycles. The molecule has 9 nitrogen and oxygen atoms in total. The lowest BCUT2D eigenvalue weighted by Crippen LogP contribution is -2.14. The van der Waals surface area contributed by atoms with Crippen LogP contribution in [-0.2, 0) is 11.2 Å². The minimum Gasteiger partial charge on any atom is -0.353 e. The number of amides is 1. The van der Waals surface area contributed by atoms with Crippen LogP contribution in [0.15, 0.2) is 91.5 Å². The summed E-state index contributed by atoms with van der Waals surface area (Å²) in [4.78, 5) is 43.1. The molecule has 1 aromatic carbocycles. The number of carbonyl (C=O) groups is 2. The molecule has 7 aromatic rings. The molecule has 10 heteroatoms. The molecule has 0 aliphatic carbocycles. The molecule has 0 aliphatic rings. The summed E-state index contributed by atoms with van der Waals surface area (Å²) < 4.78 is 0. The molecule has 0 spiro atoms. The number of fused-ring (bicyclic) bond motifs is 2. The van der Waals surface area contributed by atoms with Crippen LogP contribution in [0.5, 0.6) is 0 Å². The Morgan fingerprint density at radius 3 is 2.60 bits per heavy atom. The van der Waals surface area contributed by atoms with Crippen LogP contribution < -0.4 is 5.32 Å². The van der Waals surface area contributed by atoms with Gasteiger partial charge in [0, 0.05) is 46.0 Å². The zero-order valence-corrected chi connectivity index (χ0v) is 23.2. The van der Waals surface area contributed by atoms with E-state index in [9.17, 15) is 9.59 Å². The van der Waals surface area contributed by atoms with Crippen molar-refractivity contribution in [2.24, 2.45) is 0 Å². The van der Waals surface area contributed by atoms with Gasteiger partial charge in [0.1, 0.15) is 0 Å². The monoisotopic (exact) mass is 569 g/mol. The first kappa shape index (κ1) is 25.5. The number of H-pyrrole nitrogens is 2. The Morgan fingerprint density at radius 2 is 1.76 bits per heavy atom. The molecule has 7 rings (SSSR count). The summed E-state index contributed by atoms with van der Waals surface area (Å²) >= 11 is 1.43. The van der Waals surface area contributed by atoms with E-state index in [-0.39, 0.29) is 18.1 Å². The predicted molar refractivity (Wildman–Crippen MR) is 164 cm³/mol. The molecular formula is C32H23N7O2S. The van der Waals surface area contributed by atoms with Gasteiger partial charge in [-0.15, -0.1) is 11.3 Å². The zero-order chi connectivity index (χ0) is 28.6. The molecule has 0 fully saturated rings. The molecule has 0 atom stereocenters. The third-order valence-electron chi connectivity index (χ3n) is 6.98. The third kappa shape index (κ3) is 4.84. The lowest BCUT2D eigenvalue weighted by molar-refractivity contribution is -0.115. The maximum absolute atomic E-state index is 12.6. The van der Waals surface area contributed by atoms with Gasteiger partial charge >= 0.3 is 0 Å². The summed E-state index contributed by atoms with van der Waals surface area (Å²) in [6.07, 6.45) is 7.16. The Labute approximate surface area is 243 Å². The van der Waals surface area contributed by atoms with Crippen LogP contribution in [-0.4, -0.2) is 41.8 Å². The fraction of sp³-hybridized carbons (Fsp3) is 0.0625. The van der Waals surface area contributed by atoms with Crippen LogP contribution in [0.4, 0.5) is 5.69 Å². The topological polar surface area (TPSA) is 129 Å². The van der Waals surface area contributed by atoms with Crippen LogP contribution in [0.2, 0.25) is 0 Å². The van der Waals surface area contributed by atoms with Gasteiger partial charge in [-0.1, -0.05) is 30.3 Å². The summed E-state index contributed by atoms with van der Waals surface area (Å²) in [7, 11) is 0. The minimum absolute atomic E-state index is 0.0377. The molecule has 0 saturated carbocycles. The first-order valence-corrected chi connectivity index (χ1v) is 14.1. The number of pyridine rings is 3. The van der Waals surface area contributed by atoms with Crippen LogP contribution in [0, 0.1) is 0 Å². The number of nitrogens with one attached hydrogen (secondary N) is 3. The van der Waals surface area contributed by atoms with E-state index in [1.807, 2.05) is 66.7 Å². The Kier molecular flexibility index (Phi) is 6.37. The molecule has 0 saturated heterocycles. The molecular weight excluding hydrogens is 546 g/mol. The number of carbonyl (C=O) groups excluding carboxylic acids is 2. The second kappa shape index (κ2) is 10.5. The first-order chi connectivity index (χ1) is 20.5. The third-order valence-corrected chi connectivity index (χ3v) is 8.17. The smallest absolute Gasteiger partial charge is 0.228 e. The van der Waals surface area contributed by atoms with E-state index in [0.717, 1.165) is 54.9 Å². The summed E-state index contributed by atoms with van der Waals surface area (Å²) in [6.45, 7) is 1.57. The van der Waals surface area contributed by atoms with E-state index in [1.165, 1.54) is 11.3 Å². The van der Waals surface area contributed by atoms with Gasteiger partial charge in [0.15, 0.2) is 11.4 Å². The molecule has 3 N–H and O–H groups in total. The Balaban J connectivity index is 1.21. The predicted octanol–water partition coefficient (Wildman–Crippen LogP) is 6.68. The number of benzene rings is 1. The van der Waals surface area contributed by atoms with Gasteiger partial charge in [-0.25, -0.2) is 4.98 Å². The largest absolute Gasteiger partial charge is 0.353 e. The van der Waals surface area contributed by atoms with E-state index < -0.39 is 0 Å². The zero-order valence-electron chi connectivity index (χ0n) is 22.4. The number of Topliss-reactive ketones (excluding diaryl/α,β-unsaturated/α-hetero) is 1. The maximum atomic E-state index is 12.6. The highest BCUT2D eigenvalue weighted by atomic mass is 32.1. The van der Waals surface area contributed by atoms with Crippen molar-refractivity contribution >= 4 is 50.7 Å². The highest BCUT2D eigenvalue weighted by Gasteiger charge is 2.17. The summed E-state index contributed by atoms with van der Waals surface area (Å²) in [6, 6.07) is 21.2. The number of nitrogens with zero attached hydrogens (tertiary/aromatic N) is 4. The standard InChI is InChI=1S/C32H23N7O2S/c1-18(40)27-7-8-28(42-27)31-23-14-26(37-25(23)9-10-34-31)30-24-13-21(16-35-32(24)39-38-30)20-12-22(17-33-15-20)36-29(41)11-19-5-3-2-4-6-19/h2-10,12-17,37H,11H2,1H3,(H,36,41)(H,35,38,39). The highest BCUT2D eigenvalue weighted by Crippen LogP contribution is 2.36. The quantitative estimate of drug-likeness (QED) is 0.184. The SMILES string of the molecule is CC(=O)c1ccc(-c2nccc3[nH]c(-c4[nH]nc5ncc(-c6cncc(NC(=O)Cc7ccccc7)c6)cc45)cc23)s1. The number of thiophene rings is 1. The average molecular weight is 570 g/mol. The molecule has 0 radical (unpaired) electrons.